The Balaban J connectivity index is 0.820. The predicted molar refractivity (Wildman–Crippen MR) is 439 cm³/mol. The third-order valence-electron chi connectivity index (χ3n) is 21.1. The van der Waals surface area contributed by atoms with Gasteiger partial charge in [0.05, 0.1) is 11.4 Å². The molecule has 16 aromatic carbocycles. The van der Waals surface area contributed by atoms with Crippen molar-refractivity contribution in [3.05, 3.63) is 388 Å². The molecule has 104 heavy (non-hydrogen) atoms. The van der Waals surface area contributed by atoms with Crippen molar-refractivity contribution >= 4 is 126 Å². The molecule has 8 heteroatoms. The summed E-state index contributed by atoms with van der Waals surface area (Å²) in [7, 11) is 0. The monoisotopic (exact) mass is 1340 g/mol. The number of rotatable bonds is 13. The van der Waals surface area contributed by atoms with E-state index in [4.69, 9.17) is 4.74 Å². The maximum Gasteiger partial charge on any atom is 0.256 e. The largest absolute Gasteiger partial charge is 0.458 e. The topological polar surface area (TPSA) is 22.2 Å². The molecule has 4 heterocycles. The van der Waals surface area contributed by atoms with Crippen LogP contribution in [0.3, 0.4) is 0 Å². The van der Waals surface area contributed by atoms with E-state index in [1.807, 2.05) is 11.8 Å². The van der Waals surface area contributed by atoms with E-state index >= 15 is 0 Å². The molecule has 0 N–H and O–H groups in total. The molecule has 5 nitrogen and oxygen atoms in total. The van der Waals surface area contributed by atoms with E-state index < -0.39 is 0 Å². The number of para-hydroxylation sites is 4. The van der Waals surface area contributed by atoms with Crippen LogP contribution in [-0.2, 0) is 0 Å². The average Bonchev–Trinajstić information content (AvgIpc) is 0.694. The maximum absolute atomic E-state index is 7.46. The van der Waals surface area contributed by atoms with Crippen molar-refractivity contribution < 1.29 is 4.74 Å². The normalized spacial score (nSPS) is 12.6. The Hall–Kier alpha value is -13.0. The molecule has 4 aliphatic heterocycles. The van der Waals surface area contributed by atoms with Crippen molar-refractivity contribution in [3.8, 4) is 67.1 Å². The molecule has 0 aliphatic carbocycles. The van der Waals surface area contributed by atoms with Crippen LogP contribution in [0.2, 0.25) is 0 Å². The molecule has 0 unspecified atom stereocenters. The fourth-order valence-corrected chi connectivity index (χ4v) is 17.6. The van der Waals surface area contributed by atoms with Gasteiger partial charge >= 0.3 is 0 Å². The molecule has 0 saturated heterocycles. The molecule has 0 aromatic heterocycles. The van der Waals surface area contributed by atoms with E-state index in [-0.39, 0.29) is 13.4 Å². The fourth-order valence-electron chi connectivity index (χ4n) is 16.4. The van der Waals surface area contributed by atoms with Gasteiger partial charge in [-0.05, 0) is 181 Å². The van der Waals surface area contributed by atoms with E-state index in [0.29, 0.717) is 0 Å². The number of fused-ring (bicyclic) bond motifs is 8. The molecule has 486 valence electrons. The molecule has 4 aliphatic rings. The van der Waals surface area contributed by atoms with E-state index in [2.05, 4.69) is 408 Å². The molecular weight excluding hydrogens is 1280 g/mol. The summed E-state index contributed by atoms with van der Waals surface area (Å²) in [6, 6.07) is 142. The van der Waals surface area contributed by atoms with Crippen molar-refractivity contribution in [1.82, 2.24) is 0 Å². The average molecular weight is 1340 g/mol. The van der Waals surface area contributed by atoms with E-state index in [1.54, 1.807) is 0 Å². The van der Waals surface area contributed by atoms with Crippen LogP contribution >= 0.6 is 11.8 Å². The molecule has 0 bridgehead atoms. The number of nitrogens with zero attached hydrogens (tertiary/aromatic N) is 4. The molecule has 0 spiro atoms. The second kappa shape index (κ2) is 25.6. The highest BCUT2D eigenvalue weighted by Gasteiger charge is 2.47. The summed E-state index contributed by atoms with van der Waals surface area (Å²) in [6.45, 7) is -0.333. The first-order valence-corrected chi connectivity index (χ1v) is 36.5. The number of hydrogen-bond acceptors (Lipinski definition) is 6. The Kier molecular flexibility index (Phi) is 15.0. The van der Waals surface area contributed by atoms with Crippen molar-refractivity contribution in [2.24, 2.45) is 0 Å². The van der Waals surface area contributed by atoms with Crippen molar-refractivity contribution in [2.75, 3.05) is 19.6 Å². The smallest absolute Gasteiger partial charge is 0.256 e. The number of benzene rings is 16. The van der Waals surface area contributed by atoms with Crippen LogP contribution in [0.1, 0.15) is 0 Å². The minimum absolute atomic E-state index is 0.131. The summed E-state index contributed by atoms with van der Waals surface area (Å²) in [6.07, 6.45) is 0. The number of ether oxygens (including phenoxy) is 1. The lowest BCUT2D eigenvalue weighted by atomic mass is 9.31. The zero-order valence-electron chi connectivity index (χ0n) is 56.7. The molecule has 0 saturated carbocycles. The van der Waals surface area contributed by atoms with Gasteiger partial charge < -0.3 is 24.3 Å². The second-order valence-electron chi connectivity index (χ2n) is 27.1. The van der Waals surface area contributed by atoms with E-state index in [0.717, 1.165) is 113 Å². The molecular formula is C96H64B2N4OS. The quantitative estimate of drug-likeness (QED) is 0.107. The maximum atomic E-state index is 7.46. The first kappa shape index (κ1) is 60.9. The lowest BCUT2D eigenvalue weighted by Crippen LogP contribution is -2.63. The molecule has 0 fully saturated rings. The van der Waals surface area contributed by atoms with Gasteiger partial charge in [-0.3, -0.25) is 0 Å². The van der Waals surface area contributed by atoms with Crippen LogP contribution in [0.4, 0.5) is 68.2 Å². The third kappa shape index (κ3) is 10.5. The number of anilines is 12. The second-order valence-corrected chi connectivity index (χ2v) is 28.2. The van der Waals surface area contributed by atoms with Crippen molar-refractivity contribution in [2.45, 2.75) is 9.79 Å². The van der Waals surface area contributed by atoms with Gasteiger partial charge in [0.15, 0.2) is 0 Å². The first-order valence-electron chi connectivity index (χ1n) is 35.7. The van der Waals surface area contributed by atoms with Crippen LogP contribution in [0.15, 0.2) is 398 Å². The minimum atomic E-state index is -0.203. The summed E-state index contributed by atoms with van der Waals surface area (Å²) >= 11 is 1.90. The highest BCUT2D eigenvalue weighted by Crippen LogP contribution is 2.52. The molecule has 16 aromatic rings. The van der Waals surface area contributed by atoms with Gasteiger partial charge in [-0.15, -0.1) is 0 Å². The zero-order chi connectivity index (χ0) is 68.6. The third-order valence-corrected chi connectivity index (χ3v) is 22.3. The van der Waals surface area contributed by atoms with Gasteiger partial charge in [-0.25, -0.2) is 0 Å². The molecule has 20 rings (SSSR count). The summed E-state index contributed by atoms with van der Waals surface area (Å²) in [5, 5.41) is 0. The Morgan fingerprint density at radius 1 is 0.231 bits per heavy atom. The lowest BCUT2D eigenvalue weighted by Gasteiger charge is -2.44. The zero-order valence-corrected chi connectivity index (χ0v) is 57.5. The Bertz CT molecular complexity index is 5750. The Morgan fingerprint density at radius 3 is 1.13 bits per heavy atom. The summed E-state index contributed by atoms with van der Waals surface area (Å²) in [5.41, 5.74) is 31.8. The van der Waals surface area contributed by atoms with Crippen LogP contribution in [0.5, 0.6) is 11.5 Å². The van der Waals surface area contributed by atoms with Gasteiger partial charge in [0.25, 0.3) is 6.71 Å². The van der Waals surface area contributed by atoms with Crippen LogP contribution in [0, 0.1) is 0 Å². The van der Waals surface area contributed by atoms with Crippen LogP contribution in [-0.4, -0.2) is 13.4 Å². The highest BCUT2D eigenvalue weighted by atomic mass is 32.2. The van der Waals surface area contributed by atoms with Gasteiger partial charge in [-0.1, -0.05) is 296 Å². The van der Waals surface area contributed by atoms with E-state index in [9.17, 15) is 0 Å². The molecule has 0 radical (unpaired) electrons. The summed E-state index contributed by atoms with van der Waals surface area (Å²) < 4.78 is 7.46. The standard InChI is InChI=1S/C96H64B2N4OS/c1-7-25-65(26-8-1)69-43-51-75(52-44-69)99(76-53-45-70(46-54-76)66-27-9-2-10-28-66)79-59-89-95-92(61-79)103-91-42-24-21-39-83(91)98(95)84-63-85-93(64-88(84)102(89)86-40-22-19-37-81(86)73-33-15-5-16-34-73)104-94-62-80(60-90-96(94)97(85)82-38-20-23-41-87(82)101(90)74-35-17-6-18-36-74)100(77-55-47-71(48-56-77)67-29-11-3-12-30-67)78-57-49-72(50-58-78)68-31-13-4-14-32-68/h1-64H. The Morgan fingerprint density at radius 2 is 0.625 bits per heavy atom. The SMILES string of the molecule is c1ccc(-c2ccc(N(c3ccc(-c4ccccc4)cc3)c3cc4c5c(c3)N(c3ccccc3-c3ccccc3)c3cc6c(cc3B5c3ccccc3O4)B3c4ccccc4N(c4ccccc4)c4cc(N(c5ccc(-c7ccccc7)cc5)c5ccc(-c7ccccc7)cc5)cc(c43)S6)cc2)cc1. The van der Waals surface area contributed by atoms with Crippen LogP contribution < -0.4 is 57.1 Å². The summed E-state index contributed by atoms with van der Waals surface area (Å²) in [4.78, 5) is 12.4. The predicted octanol–water partition coefficient (Wildman–Crippen LogP) is 22.1. The lowest BCUT2D eigenvalue weighted by molar-refractivity contribution is 0.487. The van der Waals surface area contributed by atoms with Gasteiger partial charge in [0, 0.05) is 78.3 Å². The molecule has 0 atom stereocenters. The van der Waals surface area contributed by atoms with Crippen molar-refractivity contribution in [1.29, 1.82) is 0 Å². The fraction of sp³-hybridized carbons (Fsp3) is 0. The van der Waals surface area contributed by atoms with Gasteiger partial charge in [-0.2, -0.15) is 0 Å². The van der Waals surface area contributed by atoms with E-state index in [1.165, 1.54) is 65.0 Å². The summed E-state index contributed by atoms with van der Waals surface area (Å²) in [5.74, 6) is 1.68. The number of hydrogen-bond donors (Lipinski definition) is 0. The minimum Gasteiger partial charge on any atom is -0.458 e. The van der Waals surface area contributed by atoms with Gasteiger partial charge in [0.1, 0.15) is 11.5 Å². The van der Waals surface area contributed by atoms with Crippen molar-refractivity contribution in [3.63, 3.8) is 0 Å². The van der Waals surface area contributed by atoms with Crippen LogP contribution in [0.25, 0.3) is 55.6 Å². The first-order chi connectivity index (χ1) is 51.6. The highest BCUT2D eigenvalue weighted by molar-refractivity contribution is 8.00. The molecule has 0 amide bonds. The Labute approximate surface area is 611 Å². The van der Waals surface area contributed by atoms with Gasteiger partial charge in [0.2, 0.25) is 6.71 Å².